The molecule has 1 amide bonds. The van der Waals surface area contributed by atoms with E-state index in [1.54, 1.807) is 25.3 Å². The molecular formula is C9H7BrN2O. The van der Waals surface area contributed by atoms with Gasteiger partial charge in [0.1, 0.15) is 5.82 Å². The van der Waals surface area contributed by atoms with Gasteiger partial charge in [0, 0.05) is 6.20 Å². The molecule has 0 aliphatic carbocycles. The number of halogens is 1. The maximum atomic E-state index is 11.0. The molecule has 1 aromatic heterocycles. The van der Waals surface area contributed by atoms with Crippen LogP contribution in [-0.4, -0.2) is 10.9 Å². The summed E-state index contributed by atoms with van der Waals surface area (Å²) >= 11 is 3.25. The number of hydrogen-bond donors (Lipinski definition) is 1. The zero-order valence-electron chi connectivity index (χ0n) is 6.97. The van der Waals surface area contributed by atoms with Gasteiger partial charge < -0.3 is 0 Å². The molecule has 0 saturated heterocycles. The van der Waals surface area contributed by atoms with Crippen LogP contribution in [0, 0.1) is 11.8 Å². The fraction of sp³-hybridized carbons (Fsp3) is 0.111. The summed E-state index contributed by atoms with van der Waals surface area (Å²) in [6, 6.07) is 3.56. The van der Waals surface area contributed by atoms with E-state index in [1.165, 1.54) is 0 Å². The van der Waals surface area contributed by atoms with E-state index < -0.39 is 0 Å². The maximum Gasteiger partial charge on any atom is 0.301 e. The van der Waals surface area contributed by atoms with Crippen LogP contribution in [0.4, 0.5) is 5.82 Å². The molecule has 0 atom stereocenters. The van der Waals surface area contributed by atoms with Crippen molar-refractivity contribution in [2.75, 3.05) is 5.32 Å². The van der Waals surface area contributed by atoms with E-state index in [4.69, 9.17) is 0 Å². The number of nitrogens with zero attached hydrogens (tertiary/aromatic N) is 1. The number of carbonyl (C=O) groups is 1. The van der Waals surface area contributed by atoms with Crippen LogP contribution >= 0.6 is 15.9 Å². The lowest BCUT2D eigenvalue weighted by Crippen LogP contribution is -2.09. The summed E-state index contributed by atoms with van der Waals surface area (Å²) in [4.78, 5) is 15.0. The predicted molar refractivity (Wildman–Crippen MR) is 54.0 cm³/mol. The first-order valence-corrected chi connectivity index (χ1v) is 4.37. The molecule has 3 nitrogen and oxygen atoms in total. The zero-order valence-corrected chi connectivity index (χ0v) is 8.55. The number of hydrogen-bond acceptors (Lipinski definition) is 2. The van der Waals surface area contributed by atoms with E-state index in [9.17, 15) is 4.79 Å². The lowest BCUT2D eigenvalue weighted by atomic mass is 10.4. The Bertz CT molecular complexity index is 379. The average Bonchev–Trinajstić information content (AvgIpc) is 2.09. The van der Waals surface area contributed by atoms with E-state index in [2.05, 4.69) is 38.1 Å². The van der Waals surface area contributed by atoms with Gasteiger partial charge in [0.15, 0.2) is 0 Å². The number of nitrogens with one attached hydrogen (secondary N) is 1. The highest BCUT2D eigenvalue weighted by molar-refractivity contribution is 9.10. The van der Waals surface area contributed by atoms with E-state index >= 15 is 0 Å². The lowest BCUT2D eigenvalue weighted by Gasteiger charge is -2.00. The summed E-state index contributed by atoms with van der Waals surface area (Å²) in [6.07, 6.45) is 1.60. The van der Waals surface area contributed by atoms with E-state index in [0.717, 1.165) is 4.47 Å². The van der Waals surface area contributed by atoms with Crippen LogP contribution in [0.2, 0.25) is 0 Å². The Morgan fingerprint density at radius 2 is 2.46 bits per heavy atom. The summed E-state index contributed by atoms with van der Waals surface area (Å²) in [5, 5.41) is 2.54. The number of pyridine rings is 1. The first-order chi connectivity index (χ1) is 6.24. The van der Waals surface area contributed by atoms with Gasteiger partial charge in [-0.3, -0.25) is 10.1 Å². The van der Waals surface area contributed by atoms with Gasteiger partial charge in [0.25, 0.3) is 0 Å². The summed E-state index contributed by atoms with van der Waals surface area (Å²) in [5.41, 5.74) is 0. The van der Waals surface area contributed by atoms with Crippen LogP contribution in [0.3, 0.4) is 0 Å². The van der Waals surface area contributed by atoms with Crippen molar-refractivity contribution >= 4 is 27.7 Å². The molecule has 0 bridgehead atoms. The fourth-order valence-corrected chi connectivity index (χ4v) is 1.08. The van der Waals surface area contributed by atoms with Crippen LogP contribution in [0.25, 0.3) is 0 Å². The van der Waals surface area contributed by atoms with E-state index in [-0.39, 0.29) is 5.91 Å². The van der Waals surface area contributed by atoms with Crippen LogP contribution in [-0.2, 0) is 4.79 Å². The summed E-state index contributed by atoms with van der Waals surface area (Å²) in [7, 11) is 0. The van der Waals surface area contributed by atoms with Gasteiger partial charge in [-0.2, -0.15) is 0 Å². The van der Waals surface area contributed by atoms with Crippen molar-refractivity contribution in [3.05, 3.63) is 22.8 Å². The molecule has 0 aliphatic rings. The molecule has 1 rings (SSSR count). The van der Waals surface area contributed by atoms with E-state index in [1.807, 2.05) is 0 Å². The molecule has 1 aromatic rings. The van der Waals surface area contributed by atoms with Crippen molar-refractivity contribution < 1.29 is 4.79 Å². The number of anilines is 1. The molecule has 1 N–H and O–H groups in total. The Morgan fingerprint density at radius 1 is 1.69 bits per heavy atom. The minimum Gasteiger partial charge on any atom is -0.299 e. The van der Waals surface area contributed by atoms with Crippen LogP contribution in [0.1, 0.15) is 6.92 Å². The second-order valence-electron chi connectivity index (χ2n) is 2.16. The summed E-state index contributed by atoms with van der Waals surface area (Å²) in [5.74, 6) is 4.98. The first kappa shape index (κ1) is 9.75. The highest BCUT2D eigenvalue weighted by Crippen LogP contribution is 2.17. The number of amides is 1. The SMILES string of the molecule is CC#CC(=O)Nc1ncccc1Br. The molecule has 13 heavy (non-hydrogen) atoms. The molecule has 0 radical (unpaired) electrons. The van der Waals surface area contributed by atoms with Crippen molar-refractivity contribution in [1.82, 2.24) is 4.98 Å². The molecular weight excluding hydrogens is 232 g/mol. The lowest BCUT2D eigenvalue weighted by molar-refractivity contribution is -0.111. The maximum absolute atomic E-state index is 11.0. The third-order valence-corrected chi connectivity index (χ3v) is 1.87. The molecule has 0 saturated carbocycles. The van der Waals surface area contributed by atoms with Gasteiger partial charge in [0.05, 0.1) is 4.47 Å². The predicted octanol–water partition coefficient (Wildman–Crippen LogP) is 1.81. The highest BCUT2D eigenvalue weighted by Gasteiger charge is 2.01. The monoisotopic (exact) mass is 238 g/mol. The Hall–Kier alpha value is -1.34. The standard InChI is InChI=1S/C9H7BrN2O/c1-2-4-8(13)12-9-7(10)5-3-6-11-9/h3,5-6H,1H3,(H,11,12,13). The number of aromatic nitrogens is 1. The molecule has 0 fully saturated rings. The molecule has 0 aromatic carbocycles. The molecule has 0 spiro atoms. The second kappa shape index (κ2) is 4.63. The smallest absolute Gasteiger partial charge is 0.299 e. The van der Waals surface area contributed by atoms with Gasteiger partial charge in [-0.1, -0.05) is 5.92 Å². The summed E-state index contributed by atoms with van der Waals surface area (Å²) < 4.78 is 0.737. The average molecular weight is 239 g/mol. The Labute approximate surface area is 84.7 Å². The Morgan fingerprint density at radius 3 is 3.08 bits per heavy atom. The van der Waals surface area contributed by atoms with Crippen LogP contribution < -0.4 is 5.32 Å². The number of carbonyl (C=O) groups excluding carboxylic acids is 1. The quantitative estimate of drug-likeness (QED) is 0.759. The third kappa shape index (κ3) is 2.88. The van der Waals surface area contributed by atoms with Crippen molar-refractivity contribution in [1.29, 1.82) is 0 Å². The topological polar surface area (TPSA) is 42.0 Å². The third-order valence-electron chi connectivity index (χ3n) is 1.23. The van der Waals surface area contributed by atoms with Gasteiger partial charge in [-0.25, -0.2) is 4.98 Å². The van der Waals surface area contributed by atoms with Crippen molar-refractivity contribution in [2.24, 2.45) is 0 Å². The molecule has 66 valence electrons. The van der Waals surface area contributed by atoms with Crippen molar-refractivity contribution in [3.63, 3.8) is 0 Å². The zero-order chi connectivity index (χ0) is 9.68. The van der Waals surface area contributed by atoms with Gasteiger partial charge in [-0.05, 0) is 40.9 Å². The highest BCUT2D eigenvalue weighted by atomic mass is 79.9. The molecule has 0 aliphatic heterocycles. The minimum atomic E-state index is -0.359. The minimum absolute atomic E-state index is 0.359. The largest absolute Gasteiger partial charge is 0.301 e. The van der Waals surface area contributed by atoms with Crippen LogP contribution in [0.5, 0.6) is 0 Å². The van der Waals surface area contributed by atoms with Gasteiger partial charge in [0.2, 0.25) is 0 Å². The Balaban J connectivity index is 2.78. The Kier molecular flexibility index (Phi) is 3.47. The fourth-order valence-electron chi connectivity index (χ4n) is 0.730. The molecule has 4 heteroatoms. The van der Waals surface area contributed by atoms with Crippen molar-refractivity contribution in [3.8, 4) is 11.8 Å². The molecule has 0 unspecified atom stereocenters. The summed E-state index contributed by atoms with van der Waals surface area (Å²) in [6.45, 7) is 1.60. The normalized spacial score (nSPS) is 8.46. The first-order valence-electron chi connectivity index (χ1n) is 3.58. The second-order valence-corrected chi connectivity index (χ2v) is 3.02. The number of rotatable bonds is 1. The van der Waals surface area contributed by atoms with Crippen LogP contribution in [0.15, 0.2) is 22.8 Å². The van der Waals surface area contributed by atoms with Crippen molar-refractivity contribution in [2.45, 2.75) is 6.92 Å². The molecule has 1 heterocycles. The van der Waals surface area contributed by atoms with Gasteiger partial charge in [-0.15, -0.1) is 0 Å². The van der Waals surface area contributed by atoms with Gasteiger partial charge >= 0.3 is 5.91 Å². The van der Waals surface area contributed by atoms with E-state index in [0.29, 0.717) is 5.82 Å².